The van der Waals surface area contributed by atoms with Gasteiger partial charge in [-0.25, -0.2) is 4.68 Å². The smallest absolute Gasteiger partial charge is 0.222 e. The summed E-state index contributed by atoms with van der Waals surface area (Å²) in [6, 6.07) is 12.9. The first-order chi connectivity index (χ1) is 16.1. The van der Waals surface area contributed by atoms with Gasteiger partial charge in [0.05, 0.1) is 28.4 Å². The summed E-state index contributed by atoms with van der Waals surface area (Å²) >= 11 is 1.64. The van der Waals surface area contributed by atoms with Crippen molar-refractivity contribution >= 4 is 22.8 Å². The molecule has 8 heteroatoms. The van der Waals surface area contributed by atoms with E-state index in [0.717, 1.165) is 29.8 Å². The molecule has 0 radical (unpaired) electrons. The van der Waals surface area contributed by atoms with Crippen LogP contribution in [0.25, 0.3) is 16.9 Å². The zero-order valence-electron chi connectivity index (χ0n) is 18.7. The summed E-state index contributed by atoms with van der Waals surface area (Å²) in [7, 11) is 2.04. The van der Waals surface area contributed by atoms with Crippen molar-refractivity contribution in [3.8, 4) is 16.9 Å². The lowest BCUT2D eigenvalue weighted by molar-refractivity contribution is -0.117. The van der Waals surface area contributed by atoms with E-state index in [9.17, 15) is 4.79 Å². The number of aliphatic imine (C=N–C) groups is 1. The molecule has 2 unspecified atom stereocenters. The third kappa shape index (κ3) is 3.48. The van der Waals surface area contributed by atoms with E-state index in [4.69, 9.17) is 10.1 Å². The van der Waals surface area contributed by atoms with E-state index in [-0.39, 0.29) is 22.7 Å². The highest BCUT2D eigenvalue weighted by Gasteiger charge is 2.43. The monoisotopic (exact) mass is 458 g/mol. The van der Waals surface area contributed by atoms with E-state index in [1.807, 2.05) is 19.3 Å². The number of aromatic nitrogens is 3. The van der Waals surface area contributed by atoms with Gasteiger partial charge in [-0.2, -0.15) is 5.10 Å². The largest absolute Gasteiger partial charge is 0.310 e. The molecular formula is C25H26N6OS. The molecule has 0 bridgehead atoms. The third-order valence-electron chi connectivity index (χ3n) is 6.96. The Morgan fingerprint density at radius 2 is 2.03 bits per heavy atom. The minimum atomic E-state index is -0.0844. The second kappa shape index (κ2) is 7.81. The lowest BCUT2D eigenvalue weighted by atomic mass is 9.90. The highest BCUT2D eigenvalue weighted by molar-refractivity contribution is 8.14. The fourth-order valence-electron chi connectivity index (χ4n) is 5.07. The fourth-order valence-corrected chi connectivity index (χ4v) is 6.42. The first-order valence-electron chi connectivity index (χ1n) is 11.4. The van der Waals surface area contributed by atoms with E-state index >= 15 is 0 Å². The van der Waals surface area contributed by atoms with Crippen LogP contribution in [0.5, 0.6) is 0 Å². The number of rotatable bonds is 4. The minimum Gasteiger partial charge on any atom is -0.310 e. The Hall–Kier alpha value is -2.97. The van der Waals surface area contributed by atoms with Gasteiger partial charge in [0, 0.05) is 36.0 Å². The van der Waals surface area contributed by atoms with Gasteiger partial charge >= 0.3 is 0 Å². The molecule has 168 valence electrons. The summed E-state index contributed by atoms with van der Waals surface area (Å²) in [6.07, 6.45) is 7.86. The van der Waals surface area contributed by atoms with Crippen molar-refractivity contribution in [3.63, 3.8) is 0 Å². The average Bonchev–Trinajstić information content (AvgIpc) is 3.38. The molecular weight excluding hydrogens is 432 g/mol. The highest BCUT2D eigenvalue weighted by atomic mass is 32.2. The summed E-state index contributed by atoms with van der Waals surface area (Å²) in [6.45, 7) is 1.53. The number of carbonyl (C=O) groups excluding carboxylic acids is 1. The SMILES string of the molecule is CNC1(c2ccc(-n3nc(-c4cccnc4)c4c3C3SC(NC(C)=O)=NC3CC4)cc2)CC1. The van der Waals surface area contributed by atoms with Crippen LogP contribution in [0.1, 0.15) is 48.3 Å². The lowest BCUT2D eigenvalue weighted by Crippen LogP contribution is -2.24. The van der Waals surface area contributed by atoms with Gasteiger partial charge in [-0.3, -0.25) is 14.8 Å². The van der Waals surface area contributed by atoms with E-state index < -0.39 is 0 Å². The van der Waals surface area contributed by atoms with Gasteiger partial charge in [-0.1, -0.05) is 23.9 Å². The normalized spacial score (nSPS) is 22.3. The van der Waals surface area contributed by atoms with Crippen molar-refractivity contribution in [1.82, 2.24) is 25.4 Å². The maximum Gasteiger partial charge on any atom is 0.222 e. The van der Waals surface area contributed by atoms with Crippen LogP contribution in [0.4, 0.5) is 0 Å². The van der Waals surface area contributed by atoms with Crippen molar-refractivity contribution in [2.75, 3.05) is 7.05 Å². The Bertz CT molecular complexity index is 1250. The van der Waals surface area contributed by atoms with Gasteiger partial charge < -0.3 is 10.6 Å². The Labute approximate surface area is 197 Å². The summed E-state index contributed by atoms with van der Waals surface area (Å²) in [5.74, 6) is -0.0844. The van der Waals surface area contributed by atoms with Gasteiger partial charge in [0.15, 0.2) is 5.17 Å². The van der Waals surface area contributed by atoms with E-state index in [0.29, 0.717) is 5.17 Å². The predicted octanol–water partition coefficient (Wildman–Crippen LogP) is 3.74. The van der Waals surface area contributed by atoms with Crippen LogP contribution in [0, 0.1) is 0 Å². The van der Waals surface area contributed by atoms with Gasteiger partial charge in [0.25, 0.3) is 0 Å². The maximum absolute atomic E-state index is 11.6. The number of benzene rings is 1. The first-order valence-corrected chi connectivity index (χ1v) is 12.3. The molecule has 1 amide bonds. The van der Waals surface area contributed by atoms with Gasteiger partial charge in [0.1, 0.15) is 0 Å². The molecule has 2 aliphatic carbocycles. The zero-order chi connectivity index (χ0) is 22.6. The fraction of sp³-hybridized carbons (Fsp3) is 0.360. The Balaban J connectivity index is 1.44. The number of pyridine rings is 1. The second-order valence-electron chi connectivity index (χ2n) is 9.00. The summed E-state index contributed by atoms with van der Waals surface area (Å²) in [4.78, 5) is 20.8. The van der Waals surface area contributed by atoms with Crippen LogP contribution < -0.4 is 10.6 Å². The number of amidine groups is 1. The zero-order valence-corrected chi connectivity index (χ0v) is 19.5. The number of fused-ring (bicyclic) bond motifs is 3. The molecule has 3 heterocycles. The Morgan fingerprint density at radius 3 is 2.70 bits per heavy atom. The van der Waals surface area contributed by atoms with Crippen molar-refractivity contribution in [2.45, 2.75) is 49.4 Å². The molecule has 3 aromatic rings. The molecule has 1 fully saturated rings. The number of carbonyl (C=O) groups is 1. The maximum atomic E-state index is 11.6. The number of nitrogens with one attached hydrogen (secondary N) is 2. The van der Waals surface area contributed by atoms with Crippen LogP contribution in [0.15, 0.2) is 53.8 Å². The van der Waals surface area contributed by atoms with Gasteiger partial charge in [-0.15, -0.1) is 0 Å². The number of hydrogen-bond acceptors (Lipinski definition) is 6. The quantitative estimate of drug-likeness (QED) is 0.622. The number of amides is 1. The van der Waals surface area contributed by atoms with Gasteiger partial charge in [-0.05, 0) is 62.6 Å². The van der Waals surface area contributed by atoms with Crippen LogP contribution in [0.2, 0.25) is 0 Å². The molecule has 6 rings (SSSR count). The lowest BCUT2D eigenvalue weighted by Gasteiger charge is -2.25. The summed E-state index contributed by atoms with van der Waals surface area (Å²) in [5.41, 5.74) is 6.97. The Kier molecular flexibility index (Phi) is 4.88. The molecule has 7 nitrogen and oxygen atoms in total. The molecule has 2 N–H and O–H groups in total. The molecule has 2 atom stereocenters. The molecule has 33 heavy (non-hydrogen) atoms. The molecule has 1 aromatic carbocycles. The van der Waals surface area contributed by atoms with E-state index in [1.165, 1.54) is 36.6 Å². The van der Waals surface area contributed by atoms with Crippen molar-refractivity contribution < 1.29 is 4.79 Å². The average molecular weight is 459 g/mol. The first kappa shape index (κ1) is 20.6. The molecule has 0 spiro atoms. The Morgan fingerprint density at radius 1 is 1.21 bits per heavy atom. The van der Waals surface area contributed by atoms with Crippen LogP contribution in [-0.4, -0.2) is 38.9 Å². The van der Waals surface area contributed by atoms with Crippen molar-refractivity contribution in [2.24, 2.45) is 4.99 Å². The summed E-state index contributed by atoms with van der Waals surface area (Å²) < 4.78 is 2.09. The van der Waals surface area contributed by atoms with Gasteiger partial charge in [0.2, 0.25) is 5.91 Å². The third-order valence-corrected chi connectivity index (χ3v) is 8.19. The number of nitrogens with zero attached hydrogens (tertiary/aromatic N) is 4. The molecule has 1 aliphatic heterocycles. The van der Waals surface area contributed by atoms with Crippen LogP contribution >= 0.6 is 11.8 Å². The van der Waals surface area contributed by atoms with Crippen molar-refractivity contribution in [1.29, 1.82) is 0 Å². The topological polar surface area (TPSA) is 84.2 Å². The van der Waals surface area contributed by atoms with Crippen molar-refractivity contribution in [3.05, 3.63) is 65.6 Å². The van der Waals surface area contributed by atoms with E-state index in [1.54, 1.807) is 18.0 Å². The molecule has 1 saturated carbocycles. The highest BCUT2D eigenvalue weighted by Crippen LogP contribution is 2.49. The standard InChI is InChI=1S/C25H26N6OS/c1-15(32)28-24-29-20-10-9-19-21(16-4-3-13-27-14-16)30-31(22(19)23(20)33-24)18-7-5-17(6-8-18)25(26-2)11-12-25/h3-8,13-14,20,23,26H,9-12H2,1-2H3,(H,28,29,32). The summed E-state index contributed by atoms with van der Waals surface area (Å²) in [5, 5.41) is 12.3. The predicted molar refractivity (Wildman–Crippen MR) is 130 cm³/mol. The second-order valence-corrected chi connectivity index (χ2v) is 10.1. The van der Waals surface area contributed by atoms with Crippen LogP contribution in [-0.2, 0) is 16.8 Å². The minimum absolute atomic E-state index is 0.0844. The van der Waals surface area contributed by atoms with Crippen LogP contribution in [0.3, 0.4) is 0 Å². The number of hydrogen-bond donors (Lipinski definition) is 2. The molecule has 2 aromatic heterocycles. The van der Waals surface area contributed by atoms with E-state index in [2.05, 4.69) is 50.6 Å². The number of thioether (sulfide) groups is 1. The molecule has 3 aliphatic rings. The molecule has 0 saturated heterocycles.